The van der Waals surface area contributed by atoms with Gasteiger partial charge in [0.15, 0.2) is 0 Å². The number of benzene rings is 1. The molecular formula is C18H26N4O3. The Morgan fingerprint density at radius 3 is 2.64 bits per heavy atom. The molecule has 136 valence electrons. The van der Waals surface area contributed by atoms with Gasteiger partial charge < -0.3 is 15.5 Å². The molecule has 1 aliphatic rings. The summed E-state index contributed by atoms with van der Waals surface area (Å²) in [7, 11) is 3.97. The van der Waals surface area contributed by atoms with Crippen molar-refractivity contribution in [1.29, 1.82) is 0 Å². The molecular weight excluding hydrogens is 320 g/mol. The van der Waals surface area contributed by atoms with E-state index in [1.165, 1.54) is 4.90 Å². The lowest BCUT2D eigenvalue weighted by Crippen LogP contribution is -2.33. The van der Waals surface area contributed by atoms with E-state index in [1.54, 1.807) is 0 Å². The molecule has 1 atom stereocenters. The summed E-state index contributed by atoms with van der Waals surface area (Å²) in [6.45, 7) is 1.77. The molecule has 0 spiro atoms. The van der Waals surface area contributed by atoms with E-state index < -0.39 is 12.1 Å². The van der Waals surface area contributed by atoms with Crippen LogP contribution in [-0.4, -0.2) is 60.9 Å². The summed E-state index contributed by atoms with van der Waals surface area (Å²) in [5, 5.41) is 5.50. The minimum Gasteiger partial charge on any atom is -0.356 e. The maximum absolute atomic E-state index is 12.4. The summed E-state index contributed by atoms with van der Waals surface area (Å²) < 4.78 is 0. The highest BCUT2D eigenvalue weighted by Gasteiger charge is 2.37. The molecule has 4 amide bonds. The predicted octanol–water partition coefficient (Wildman–Crippen LogP) is 0.955. The minimum atomic E-state index is -0.622. The van der Waals surface area contributed by atoms with Crippen molar-refractivity contribution in [2.45, 2.75) is 31.8 Å². The van der Waals surface area contributed by atoms with Gasteiger partial charge in [-0.25, -0.2) is 4.79 Å². The smallest absolute Gasteiger partial charge is 0.325 e. The fourth-order valence-electron chi connectivity index (χ4n) is 2.68. The van der Waals surface area contributed by atoms with Crippen molar-refractivity contribution in [1.82, 2.24) is 20.4 Å². The highest BCUT2D eigenvalue weighted by molar-refractivity contribution is 6.04. The highest BCUT2D eigenvalue weighted by atomic mass is 16.2. The van der Waals surface area contributed by atoms with E-state index in [1.807, 2.05) is 44.4 Å². The number of hydrogen-bond acceptors (Lipinski definition) is 4. The van der Waals surface area contributed by atoms with E-state index in [-0.39, 0.29) is 24.8 Å². The van der Waals surface area contributed by atoms with E-state index in [2.05, 4.69) is 15.5 Å². The Morgan fingerprint density at radius 1 is 1.24 bits per heavy atom. The van der Waals surface area contributed by atoms with Gasteiger partial charge in [0.05, 0.1) is 6.54 Å². The van der Waals surface area contributed by atoms with Gasteiger partial charge in [-0.1, -0.05) is 30.3 Å². The standard InChI is InChI=1S/C18H26N4O3/c1-21(2)12-6-11-19-16(23)10-9-15-17(24)22(18(25)20-15)13-14-7-4-3-5-8-14/h3-5,7-8,15H,6,9-13H2,1-2H3,(H,19,23)(H,20,25)/t15-/m1/s1. The number of nitrogens with zero attached hydrogens (tertiary/aromatic N) is 2. The molecule has 7 nitrogen and oxygen atoms in total. The van der Waals surface area contributed by atoms with Crippen molar-refractivity contribution in [3.63, 3.8) is 0 Å². The topological polar surface area (TPSA) is 81.8 Å². The number of rotatable bonds is 9. The number of amides is 4. The molecule has 0 saturated carbocycles. The van der Waals surface area contributed by atoms with Crippen molar-refractivity contribution in [3.05, 3.63) is 35.9 Å². The van der Waals surface area contributed by atoms with Gasteiger partial charge in [0.2, 0.25) is 5.91 Å². The van der Waals surface area contributed by atoms with Gasteiger partial charge in [0.25, 0.3) is 5.91 Å². The van der Waals surface area contributed by atoms with Gasteiger partial charge >= 0.3 is 6.03 Å². The summed E-state index contributed by atoms with van der Waals surface area (Å²) in [6.07, 6.45) is 1.41. The van der Waals surface area contributed by atoms with Crippen molar-refractivity contribution >= 4 is 17.8 Å². The summed E-state index contributed by atoms with van der Waals surface area (Å²) in [5.41, 5.74) is 0.894. The Morgan fingerprint density at radius 2 is 1.96 bits per heavy atom. The molecule has 25 heavy (non-hydrogen) atoms. The van der Waals surface area contributed by atoms with Gasteiger partial charge in [-0.3, -0.25) is 14.5 Å². The second-order valence-electron chi connectivity index (χ2n) is 6.46. The van der Waals surface area contributed by atoms with Crippen LogP contribution in [0.2, 0.25) is 0 Å². The predicted molar refractivity (Wildman–Crippen MR) is 94.7 cm³/mol. The van der Waals surface area contributed by atoms with Crippen LogP contribution in [0.3, 0.4) is 0 Å². The average molecular weight is 346 g/mol. The first-order chi connectivity index (χ1) is 12.0. The third kappa shape index (κ3) is 5.86. The van der Waals surface area contributed by atoms with Crippen molar-refractivity contribution < 1.29 is 14.4 Å². The third-order valence-electron chi connectivity index (χ3n) is 4.05. The molecule has 0 aliphatic carbocycles. The fourth-order valence-corrected chi connectivity index (χ4v) is 2.68. The fraction of sp³-hybridized carbons (Fsp3) is 0.500. The van der Waals surface area contributed by atoms with Gasteiger partial charge in [-0.2, -0.15) is 0 Å². The van der Waals surface area contributed by atoms with Crippen LogP contribution in [0.1, 0.15) is 24.8 Å². The second-order valence-corrected chi connectivity index (χ2v) is 6.46. The molecule has 1 saturated heterocycles. The van der Waals surface area contributed by atoms with Crippen LogP contribution in [0.4, 0.5) is 4.79 Å². The molecule has 1 heterocycles. The van der Waals surface area contributed by atoms with Crippen LogP contribution >= 0.6 is 0 Å². The molecule has 0 unspecified atom stereocenters. The van der Waals surface area contributed by atoms with Crippen LogP contribution in [0, 0.1) is 0 Å². The molecule has 1 aromatic carbocycles. The van der Waals surface area contributed by atoms with Gasteiger partial charge in [-0.15, -0.1) is 0 Å². The molecule has 7 heteroatoms. The van der Waals surface area contributed by atoms with Crippen molar-refractivity contribution in [2.75, 3.05) is 27.2 Å². The largest absolute Gasteiger partial charge is 0.356 e. The maximum Gasteiger partial charge on any atom is 0.325 e. The molecule has 1 fully saturated rings. The summed E-state index contributed by atoms with van der Waals surface area (Å²) >= 11 is 0. The lowest BCUT2D eigenvalue weighted by molar-refractivity contribution is -0.128. The lowest BCUT2D eigenvalue weighted by atomic mass is 10.1. The third-order valence-corrected chi connectivity index (χ3v) is 4.05. The van der Waals surface area contributed by atoms with Crippen molar-refractivity contribution in [3.8, 4) is 0 Å². The summed E-state index contributed by atoms with van der Waals surface area (Å²) in [5.74, 6) is -0.364. The quantitative estimate of drug-likeness (QED) is 0.515. The Labute approximate surface area is 148 Å². The van der Waals surface area contributed by atoms with Crippen LogP contribution in [0.25, 0.3) is 0 Å². The number of imide groups is 1. The number of hydrogen-bond donors (Lipinski definition) is 2. The molecule has 1 aliphatic heterocycles. The van der Waals surface area contributed by atoms with Crippen LogP contribution in [-0.2, 0) is 16.1 Å². The zero-order valence-corrected chi connectivity index (χ0v) is 14.8. The lowest BCUT2D eigenvalue weighted by Gasteiger charge is -2.13. The normalized spacial score (nSPS) is 17.1. The van der Waals surface area contributed by atoms with E-state index in [0.717, 1.165) is 18.5 Å². The van der Waals surface area contributed by atoms with E-state index >= 15 is 0 Å². The van der Waals surface area contributed by atoms with Crippen molar-refractivity contribution in [2.24, 2.45) is 0 Å². The first-order valence-corrected chi connectivity index (χ1v) is 8.54. The number of nitrogens with one attached hydrogen (secondary N) is 2. The first kappa shape index (κ1) is 18.9. The molecule has 0 aromatic heterocycles. The van der Waals surface area contributed by atoms with E-state index in [0.29, 0.717) is 13.0 Å². The molecule has 0 radical (unpaired) electrons. The number of urea groups is 1. The second kappa shape index (κ2) is 9.17. The Bertz CT molecular complexity index is 604. The van der Waals surface area contributed by atoms with Gasteiger partial charge in [0.1, 0.15) is 6.04 Å². The molecule has 2 N–H and O–H groups in total. The minimum absolute atomic E-state index is 0.0951. The Kier molecular flexibility index (Phi) is 6.94. The SMILES string of the molecule is CN(C)CCCNC(=O)CC[C@H]1NC(=O)N(Cc2ccccc2)C1=O. The highest BCUT2D eigenvalue weighted by Crippen LogP contribution is 2.14. The summed E-state index contributed by atoms with van der Waals surface area (Å²) in [4.78, 5) is 39.5. The van der Waals surface area contributed by atoms with Crippen LogP contribution in [0.5, 0.6) is 0 Å². The summed E-state index contributed by atoms with van der Waals surface area (Å²) in [6, 6.07) is 8.34. The zero-order valence-electron chi connectivity index (χ0n) is 14.8. The maximum atomic E-state index is 12.4. The average Bonchev–Trinajstić information content (AvgIpc) is 2.85. The van der Waals surface area contributed by atoms with Gasteiger partial charge in [0, 0.05) is 13.0 Å². The number of carbonyl (C=O) groups excluding carboxylic acids is 3. The van der Waals surface area contributed by atoms with Gasteiger partial charge in [-0.05, 0) is 39.0 Å². The molecule has 0 bridgehead atoms. The molecule has 1 aromatic rings. The first-order valence-electron chi connectivity index (χ1n) is 8.54. The van der Waals surface area contributed by atoms with Crippen LogP contribution < -0.4 is 10.6 Å². The Balaban J connectivity index is 1.75. The van der Waals surface area contributed by atoms with E-state index in [4.69, 9.17) is 0 Å². The van der Waals surface area contributed by atoms with Crippen LogP contribution in [0.15, 0.2) is 30.3 Å². The zero-order chi connectivity index (χ0) is 18.2. The molecule has 2 rings (SSSR count). The number of carbonyl (C=O) groups is 3. The van der Waals surface area contributed by atoms with E-state index in [9.17, 15) is 14.4 Å². The monoisotopic (exact) mass is 346 g/mol. The Hall–Kier alpha value is -2.41.